The van der Waals surface area contributed by atoms with E-state index in [1.165, 1.54) is 23.9 Å². The van der Waals surface area contributed by atoms with Gasteiger partial charge < -0.3 is 14.6 Å². The minimum absolute atomic E-state index is 0.0126. The molecule has 2 N–H and O–H groups in total. The highest BCUT2D eigenvalue weighted by molar-refractivity contribution is 7.89. The van der Waals surface area contributed by atoms with Gasteiger partial charge in [-0.2, -0.15) is 0 Å². The molecule has 108 valence electrons. The molecule has 0 amide bonds. The fourth-order valence-corrected chi connectivity index (χ4v) is 2.61. The van der Waals surface area contributed by atoms with Crippen molar-refractivity contribution in [2.75, 3.05) is 20.7 Å². The normalized spacial score (nSPS) is 13.3. The first kappa shape index (κ1) is 15.7. The van der Waals surface area contributed by atoms with Crippen molar-refractivity contribution in [2.24, 2.45) is 7.05 Å². The summed E-state index contributed by atoms with van der Waals surface area (Å²) in [7, 11) is 0.951. The number of likely N-dealkylation sites (N-methyl/N-ethyl adjacent to an activating group) is 1. The fraction of sp³-hybridized carbons (Fsp3) is 0.545. The Kier molecular flexibility index (Phi) is 5.10. The number of aryl methyl sites for hydroxylation is 1. The summed E-state index contributed by atoms with van der Waals surface area (Å²) in [5.41, 5.74) is 0.185. The summed E-state index contributed by atoms with van der Waals surface area (Å²) in [4.78, 5) is 11.5. The van der Waals surface area contributed by atoms with Crippen molar-refractivity contribution in [2.45, 2.75) is 17.9 Å². The molecule has 1 aromatic heterocycles. The van der Waals surface area contributed by atoms with Crippen LogP contribution in [-0.4, -0.2) is 45.7 Å². The number of aromatic nitrogens is 1. The van der Waals surface area contributed by atoms with Gasteiger partial charge in [0.15, 0.2) is 0 Å². The summed E-state index contributed by atoms with van der Waals surface area (Å²) < 4.78 is 32.5. The number of carbonyl (C=O) groups excluding carboxylic acids is 1. The van der Waals surface area contributed by atoms with E-state index in [0.717, 1.165) is 0 Å². The molecule has 0 spiro atoms. The molecule has 1 unspecified atom stereocenters. The van der Waals surface area contributed by atoms with E-state index in [2.05, 4.69) is 14.8 Å². The van der Waals surface area contributed by atoms with E-state index in [1.807, 2.05) is 6.92 Å². The molecule has 0 bridgehead atoms. The topological polar surface area (TPSA) is 89.4 Å². The van der Waals surface area contributed by atoms with Crippen LogP contribution in [0, 0.1) is 0 Å². The molecular weight excluding hydrogens is 270 g/mol. The van der Waals surface area contributed by atoms with Crippen LogP contribution < -0.4 is 10.0 Å². The Morgan fingerprint density at radius 2 is 2.16 bits per heavy atom. The van der Waals surface area contributed by atoms with Gasteiger partial charge in [-0.1, -0.05) is 0 Å². The average molecular weight is 289 g/mol. The lowest BCUT2D eigenvalue weighted by Gasteiger charge is -2.10. The van der Waals surface area contributed by atoms with Gasteiger partial charge in [-0.05, 0) is 20.0 Å². The van der Waals surface area contributed by atoms with Crippen LogP contribution in [0.15, 0.2) is 17.2 Å². The molecule has 0 saturated carbocycles. The number of methoxy groups -OCH3 is 1. The van der Waals surface area contributed by atoms with Crippen LogP contribution in [-0.2, 0) is 21.8 Å². The zero-order valence-corrected chi connectivity index (χ0v) is 12.2. The van der Waals surface area contributed by atoms with Gasteiger partial charge in [0.1, 0.15) is 10.6 Å². The Labute approximate surface area is 113 Å². The number of carbonyl (C=O) groups is 1. The van der Waals surface area contributed by atoms with Crippen LogP contribution >= 0.6 is 0 Å². The van der Waals surface area contributed by atoms with Crippen LogP contribution in [0.1, 0.15) is 17.4 Å². The first-order chi connectivity index (χ1) is 8.81. The predicted molar refractivity (Wildman–Crippen MR) is 70.5 cm³/mol. The number of esters is 1. The van der Waals surface area contributed by atoms with Crippen LogP contribution in [0.25, 0.3) is 0 Å². The molecular formula is C11H19N3O4S. The molecule has 1 atom stereocenters. The third kappa shape index (κ3) is 3.79. The molecule has 0 saturated heterocycles. The quantitative estimate of drug-likeness (QED) is 0.702. The second-order valence-corrected chi connectivity index (χ2v) is 5.97. The van der Waals surface area contributed by atoms with Crippen LogP contribution in [0.2, 0.25) is 0 Å². The maximum atomic E-state index is 12.0. The zero-order valence-electron chi connectivity index (χ0n) is 11.4. The summed E-state index contributed by atoms with van der Waals surface area (Å²) in [6.07, 6.45) is 1.37. The second-order valence-electron chi connectivity index (χ2n) is 4.21. The molecule has 0 fully saturated rings. The van der Waals surface area contributed by atoms with Crippen molar-refractivity contribution in [3.05, 3.63) is 18.0 Å². The van der Waals surface area contributed by atoms with Crippen LogP contribution in [0.3, 0.4) is 0 Å². The van der Waals surface area contributed by atoms with Crippen molar-refractivity contribution in [3.63, 3.8) is 0 Å². The van der Waals surface area contributed by atoms with Gasteiger partial charge in [-0.15, -0.1) is 0 Å². The first-order valence-corrected chi connectivity index (χ1v) is 7.21. The molecule has 19 heavy (non-hydrogen) atoms. The average Bonchev–Trinajstić information content (AvgIpc) is 2.78. The van der Waals surface area contributed by atoms with Crippen molar-refractivity contribution in [3.8, 4) is 0 Å². The second kappa shape index (κ2) is 6.18. The SMILES string of the molecule is CNC(C)CNS(=O)(=O)c1cc(C(=O)OC)n(C)c1. The van der Waals surface area contributed by atoms with Gasteiger partial charge in [0.2, 0.25) is 10.0 Å². The molecule has 0 radical (unpaired) electrons. The molecule has 1 rings (SSSR count). The third-order valence-electron chi connectivity index (χ3n) is 2.76. The van der Waals surface area contributed by atoms with Gasteiger partial charge in [-0.25, -0.2) is 17.9 Å². The van der Waals surface area contributed by atoms with E-state index in [1.54, 1.807) is 14.1 Å². The summed E-state index contributed by atoms with van der Waals surface area (Å²) in [6, 6.07) is 1.30. The number of hydrogen-bond donors (Lipinski definition) is 2. The number of nitrogens with zero attached hydrogens (tertiary/aromatic N) is 1. The van der Waals surface area contributed by atoms with Crippen LogP contribution in [0.4, 0.5) is 0 Å². The van der Waals surface area contributed by atoms with E-state index in [9.17, 15) is 13.2 Å². The summed E-state index contributed by atoms with van der Waals surface area (Å²) in [6.45, 7) is 2.12. The monoisotopic (exact) mass is 289 g/mol. The molecule has 7 nitrogen and oxygen atoms in total. The Hall–Kier alpha value is -1.38. The molecule has 1 aromatic rings. The zero-order chi connectivity index (χ0) is 14.6. The highest BCUT2D eigenvalue weighted by Crippen LogP contribution is 2.14. The Morgan fingerprint density at radius 1 is 1.53 bits per heavy atom. The van der Waals surface area contributed by atoms with Gasteiger partial charge in [-0.3, -0.25) is 0 Å². The number of nitrogens with one attached hydrogen (secondary N) is 2. The van der Waals surface area contributed by atoms with E-state index in [-0.39, 0.29) is 23.2 Å². The minimum atomic E-state index is -3.63. The van der Waals surface area contributed by atoms with Gasteiger partial charge in [0.25, 0.3) is 0 Å². The summed E-state index contributed by atoms with van der Waals surface area (Å²) in [5.74, 6) is -0.576. The molecule has 8 heteroatoms. The predicted octanol–water partition coefficient (Wildman–Crippen LogP) is -0.302. The number of hydrogen-bond acceptors (Lipinski definition) is 5. The lowest BCUT2D eigenvalue weighted by atomic mass is 10.4. The van der Waals surface area contributed by atoms with E-state index in [4.69, 9.17) is 0 Å². The van der Waals surface area contributed by atoms with Gasteiger partial charge in [0, 0.05) is 25.8 Å². The largest absolute Gasteiger partial charge is 0.464 e. The highest BCUT2D eigenvalue weighted by Gasteiger charge is 2.21. The minimum Gasteiger partial charge on any atom is -0.464 e. The van der Waals surface area contributed by atoms with E-state index in [0.29, 0.717) is 0 Å². The standard InChI is InChI=1S/C11H19N3O4S/c1-8(12-2)6-13-19(16,17)9-5-10(11(15)18-4)14(3)7-9/h5,7-8,12-13H,6H2,1-4H3. The summed E-state index contributed by atoms with van der Waals surface area (Å²) >= 11 is 0. The molecule has 0 aliphatic heterocycles. The van der Waals surface area contributed by atoms with Gasteiger partial charge >= 0.3 is 5.97 Å². The smallest absolute Gasteiger partial charge is 0.354 e. The first-order valence-electron chi connectivity index (χ1n) is 5.73. The Morgan fingerprint density at radius 3 is 2.68 bits per heavy atom. The molecule has 1 heterocycles. The molecule has 0 aromatic carbocycles. The Bertz CT molecular complexity index is 550. The number of sulfonamides is 1. The molecule has 0 aliphatic rings. The lowest BCUT2D eigenvalue weighted by Crippen LogP contribution is -2.37. The third-order valence-corrected chi connectivity index (χ3v) is 4.15. The van der Waals surface area contributed by atoms with Crippen molar-refractivity contribution < 1.29 is 17.9 Å². The maximum absolute atomic E-state index is 12.0. The number of rotatable bonds is 6. The Balaban J connectivity index is 2.93. The van der Waals surface area contributed by atoms with Gasteiger partial charge in [0.05, 0.1) is 7.11 Å². The lowest BCUT2D eigenvalue weighted by molar-refractivity contribution is 0.0590. The van der Waals surface area contributed by atoms with E-state index < -0.39 is 16.0 Å². The summed E-state index contributed by atoms with van der Waals surface area (Å²) in [5, 5.41) is 2.93. The van der Waals surface area contributed by atoms with Crippen LogP contribution in [0.5, 0.6) is 0 Å². The fourth-order valence-electron chi connectivity index (χ4n) is 1.41. The highest BCUT2D eigenvalue weighted by atomic mass is 32.2. The maximum Gasteiger partial charge on any atom is 0.354 e. The van der Waals surface area contributed by atoms with Crippen molar-refractivity contribution in [1.82, 2.24) is 14.6 Å². The number of ether oxygens (including phenoxy) is 1. The van der Waals surface area contributed by atoms with E-state index >= 15 is 0 Å². The molecule has 0 aliphatic carbocycles. The van der Waals surface area contributed by atoms with Crippen molar-refractivity contribution >= 4 is 16.0 Å². The van der Waals surface area contributed by atoms with Crippen molar-refractivity contribution in [1.29, 1.82) is 0 Å².